The number of hydrogen-bond acceptors (Lipinski definition) is 6. The third-order valence-corrected chi connectivity index (χ3v) is 4.29. The van der Waals surface area contributed by atoms with Gasteiger partial charge in [0.15, 0.2) is 0 Å². The van der Waals surface area contributed by atoms with Crippen LogP contribution < -0.4 is 11.1 Å². The molecule has 1 unspecified atom stereocenters. The third-order valence-electron chi connectivity index (χ3n) is 4.29. The third kappa shape index (κ3) is 5.20. The lowest BCUT2D eigenvalue weighted by molar-refractivity contribution is -0.117. The Bertz CT molecular complexity index is 1180. The van der Waals surface area contributed by atoms with E-state index < -0.39 is 29.9 Å². The first kappa shape index (κ1) is 22.3. The summed E-state index contributed by atoms with van der Waals surface area (Å²) in [5, 5.41) is 10.7. The maximum absolute atomic E-state index is 13.3. The zero-order chi connectivity index (χ0) is 23.1. The van der Waals surface area contributed by atoms with Crippen LogP contribution in [0.15, 0.2) is 89.0 Å². The van der Waals surface area contributed by atoms with Crippen LogP contribution in [0.4, 0.5) is 10.1 Å². The van der Waals surface area contributed by atoms with Gasteiger partial charge >= 0.3 is 0 Å². The van der Waals surface area contributed by atoms with Crippen molar-refractivity contribution >= 4 is 29.2 Å². The molecule has 1 aliphatic rings. The van der Waals surface area contributed by atoms with Gasteiger partial charge in [-0.2, -0.15) is 9.38 Å². The summed E-state index contributed by atoms with van der Waals surface area (Å²) in [4.78, 5) is 24.8. The minimum atomic E-state index is -1.28. The molecular formula is C23H21FN6O2. The number of ether oxygens (including phenoxy) is 1. The Morgan fingerprint density at radius 3 is 2.88 bits per heavy atom. The number of halogens is 1. The Kier molecular flexibility index (Phi) is 7.02. The maximum atomic E-state index is 13.3. The van der Waals surface area contributed by atoms with Gasteiger partial charge in [0.2, 0.25) is 18.0 Å². The normalized spacial score (nSPS) is 16.6. The minimum absolute atomic E-state index is 0.113. The highest BCUT2D eigenvalue weighted by molar-refractivity contribution is 6.20. The lowest BCUT2D eigenvalue weighted by Gasteiger charge is -2.10. The number of hydrogen-bond donors (Lipinski definition) is 3. The molecule has 1 atom stereocenters. The maximum Gasteiger partial charge on any atom is 0.291 e. The van der Waals surface area contributed by atoms with E-state index in [1.54, 1.807) is 24.3 Å². The first-order valence-electron chi connectivity index (χ1n) is 9.58. The fourth-order valence-electron chi connectivity index (χ4n) is 2.94. The first-order chi connectivity index (χ1) is 15.4. The van der Waals surface area contributed by atoms with Crippen molar-refractivity contribution in [1.82, 2.24) is 4.98 Å². The molecule has 0 fully saturated rings. The van der Waals surface area contributed by atoms with Gasteiger partial charge in [0.25, 0.3) is 11.9 Å². The number of aliphatic imine (C=N–C) groups is 2. The van der Waals surface area contributed by atoms with Gasteiger partial charge < -0.3 is 15.8 Å². The molecule has 0 spiro atoms. The molecule has 0 aliphatic carbocycles. The Labute approximate surface area is 184 Å². The Morgan fingerprint density at radius 1 is 1.38 bits per heavy atom. The number of amides is 1. The second-order valence-corrected chi connectivity index (χ2v) is 6.51. The molecule has 1 aromatic heterocycles. The molecule has 3 rings (SSSR count). The van der Waals surface area contributed by atoms with Crippen molar-refractivity contribution < 1.29 is 13.9 Å². The van der Waals surface area contributed by atoms with E-state index in [2.05, 4.69) is 26.9 Å². The highest BCUT2D eigenvalue weighted by Gasteiger charge is 2.26. The topological polar surface area (TPSA) is 126 Å². The zero-order valence-corrected chi connectivity index (χ0v) is 17.2. The molecule has 4 N–H and O–H groups in total. The van der Waals surface area contributed by atoms with E-state index in [0.29, 0.717) is 22.5 Å². The van der Waals surface area contributed by atoms with Crippen molar-refractivity contribution in [2.45, 2.75) is 13.1 Å². The van der Waals surface area contributed by atoms with Crippen LogP contribution in [0.2, 0.25) is 0 Å². The lowest BCUT2D eigenvalue weighted by atomic mass is 10.00. The molecule has 0 bridgehead atoms. The van der Waals surface area contributed by atoms with E-state index in [-0.39, 0.29) is 5.56 Å². The summed E-state index contributed by atoms with van der Waals surface area (Å²) in [6.45, 7) is 5.60. The molecule has 2 heterocycles. The molecule has 1 aliphatic heterocycles. The predicted molar refractivity (Wildman–Crippen MR) is 122 cm³/mol. The number of nitrogens with two attached hydrogens (primary N) is 1. The number of nitrogens with one attached hydrogen (secondary N) is 2. The molecule has 0 saturated heterocycles. The summed E-state index contributed by atoms with van der Waals surface area (Å²) < 4.78 is 18.5. The van der Waals surface area contributed by atoms with Gasteiger partial charge in [0, 0.05) is 29.0 Å². The molecule has 162 valence electrons. The van der Waals surface area contributed by atoms with Crippen LogP contribution in [0.1, 0.15) is 18.1 Å². The van der Waals surface area contributed by atoms with Gasteiger partial charge in [-0.05, 0) is 19.1 Å². The Morgan fingerprint density at radius 2 is 2.16 bits per heavy atom. The van der Waals surface area contributed by atoms with Crippen LogP contribution >= 0.6 is 0 Å². The van der Waals surface area contributed by atoms with E-state index in [1.807, 2.05) is 31.2 Å². The second kappa shape index (κ2) is 10.1. The standard InChI is InChI=1S/C23H21FN6O2/c1-3-7-14(8-4-2)19-16-9-5-6-10-17(16)28-22(31)21(29-19)30-23(26)32-20(25)15-11-12-27-18(24)13-15/h3-13,21,25H,1H2,2H3,(H2,26,30)(H,28,31)/b8-4-,14-7+,25-20?. The zero-order valence-electron chi connectivity index (χ0n) is 17.2. The van der Waals surface area contributed by atoms with Crippen LogP contribution in [-0.4, -0.2) is 34.7 Å². The number of anilines is 1. The molecule has 0 saturated carbocycles. The number of fused-ring (bicyclic) bond motifs is 1. The average Bonchev–Trinajstić information content (AvgIpc) is 2.90. The van der Waals surface area contributed by atoms with Crippen molar-refractivity contribution in [2.75, 3.05) is 5.32 Å². The Balaban J connectivity index is 1.98. The molecule has 9 heteroatoms. The molecule has 8 nitrogen and oxygen atoms in total. The van der Waals surface area contributed by atoms with E-state index in [4.69, 9.17) is 15.9 Å². The smallest absolute Gasteiger partial charge is 0.291 e. The number of benzene rings is 1. The highest BCUT2D eigenvalue weighted by atomic mass is 19.1. The number of aromatic nitrogens is 1. The molecule has 32 heavy (non-hydrogen) atoms. The minimum Gasteiger partial charge on any atom is -0.407 e. The van der Waals surface area contributed by atoms with Crippen molar-refractivity contribution in [1.29, 1.82) is 5.41 Å². The molecule has 1 aromatic carbocycles. The van der Waals surface area contributed by atoms with Gasteiger partial charge in [-0.3, -0.25) is 10.2 Å². The summed E-state index contributed by atoms with van der Waals surface area (Å²) in [6.07, 6.45) is 6.97. The SMILES string of the molecule is C=C/C=C(\C=C/C)C1=NC(/N=C(\N)OC(=N)c2ccnc(F)c2)C(=O)Nc2ccccc21. The van der Waals surface area contributed by atoms with Gasteiger partial charge in [-0.1, -0.05) is 49.1 Å². The number of nitrogens with zero attached hydrogens (tertiary/aromatic N) is 3. The lowest BCUT2D eigenvalue weighted by Crippen LogP contribution is -2.29. The van der Waals surface area contributed by atoms with E-state index in [1.165, 1.54) is 12.3 Å². The van der Waals surface area contributed by atoms with Crippen LogP contribution in [0.25, 0.3) is 0 Å². The fourth-order valence-corrected chi connectivity index (χ4v) is 2.94. The number of allylic oxidation sites excluding steroid dienone is 5. The highest BCUT2D eigenvalue weighted by Crippen LogP contribution is 2.25. The van der Waals surface area contributed by atoms with Crippen LogP contribution in [-0.2, 0) is 9.53 Å². The number of para-hydroxylation sites is 1. The molecular weight excluding hydrogens is 411 g/mol. The van der Waals surface area contributed by atoms with E-state index in [0.717, 1.165) is 6.07 Å². The van der Waals surface area contributed by atoms with Gasteiger partial charge in [0.05, 0.1) is 11.4 Å². The second-order valence-electron chi connectivity index (χ2n) is 6.51. The number of carbonyl (C=O) groups excluding carboxylic acids is 1. The molecule has 1 amide bonds. The fraction of sp³-hybridized carbons (Fsp3) is 0.0870. The van der Waals surface area contributed by atoms with Crippen LogP contribution in [0.3, 0.4) is 0 Å². The molecule has 0 radical (unpaired) electrons. The van der Waals surface area contributed by atoms with Gasteiger partial charge in [-0.15, -0.1) is 0 Å². The Hall–Kier alpha value is -4.40. The number of benzodiazepines with no additional fused rings is 1. The van der Waals surface area contributed by atoms with E-state index >= 15 is 0 Å². The summed E-state index contributed by atoms with van der Waals surface area (Å²) in [6, 6.07) is 9.13. The largest absolute Gasteiger partial charge is 0.407 e. The van der Waals surface area contributed by atoms with Crippen molar-refractivity contribution in [3.63, 3.8) is 0 Å². The molecule has 2 aromatic rings. The van der Waals surface area contributed by atoms with Gasteiger partial charge in [-0.25, -0.2) is 9.98 Å². The van der Waals surface area contributed by atoms with Crippen molar-refractivity contribution in [3.8, 4) is 0 Å². The summed E-state index contributed by atoms with van der Waals surface area (Å²) in [5.41, 5.74) is 8.41. The summed E-state index contributed by atoms with van der Waals surface area (Å²) in [7, 11) is 0. The van der Waals surface area contributed by atoms with Crippen LogP contribution in [0.5, 0.6) is 0 Å². The number of amidine groups is 1. The number of pyridine rings is 1. The van der Waals surface area contributed by atoms with Crippen molar-refractivity contribution in [3.05, 3.63) is 96.1 Å². The van der Waals surface area contributed by atoms with Crippen LogP contribution in [0, 0.1) is 11.4 Å². The monoisotopic (exact) mass is 432 g/mol. The average molecular weight is 432 g/mol. The van der Waals surface area contributed by atoms with Crippen molar-refractivity contribution in [2.24, 2.45) is 15.7 Å². The summed E-state index contributed by atoms with van der Waals surface area (Å²) >= 11 is 0. The number of rotatable bonds is 5. The van der Waals surface area contributed by atoms with E-state index in [9.17, 15) is 9.18 Å². The first-order valence-corrected chi connectivity index (χ1v) is 9.58. The summed E-state index contributed by atoms with van der Waals surface area (Å²) in [5.74, 6) is -1.75. The quantitative estimate of drug-likeness (QED) is 0.290. The predicted octanol–water partition coefficient (Wildman–Crippen LogP) is 3.33. The van der Waals surface area contributed by atoms with Gasteiger partial charge in [0.1, 0.15) is 0 Å². The number of carbonyl (C=O) groups is 1.